The number of hydrogen-bond acceptors (Lipinski definition) is 3. The molecule has 0 radical (unpaired) electrons. The zero-order valence-corrected chi connectivity index (χ0v) is 12.2. The molecule has 7 unspecified atom stereocenters. The maximum atomic E-state index is 12.8. The first-order valence-electron chi connectivity index (χ1n) is 7.79. The number of aliphatic hydroxyl groups excluding tert-OH is 1. The highest BCUT2D eigenvalue weighted by molar-refractivity contribution is 5.84. The lowest BCUT2D eigenvalue weighted by Gasteiger charge is -2.39. The van der Waals surface area contributed by atoms with Crippen LogP contribution >= 0.6 is 0 Å². The number of fused-ring (bicyclic) bond motifs is 2. The number of likely N-dealkylation sites (tertiary alicyclic amines) is 1. The van der Waals surface area contributed by atoms with E-state index >= 15 is 0 Å². The molecule has 2 saturated heterocycles. The summed E-state index contributed by atoms with van der Waals surface area (Å²) in [5, 5.41) is 10.4. The molecule has 7 atom stereocenters. The van der Waals surface area contributed by atoms with Crippen molar-refractivity contribution in [2.24, 2.45) is 29.6 Å². The molecule has 0 aromatic heterocycles. The summed E-state index contributed by atoms with van der Waals surface area (Å²) in [5.74, 6) is 1.40. The topological polar surface area (TPSA) is 49.8 Å². The smallest absolute Gasteiger partial charge is 0.229 e. The molecule has 0 aromatic carbocycles. The van der Waals surface area contributed by atoms with Gasteiger partial charge in [0.15, 0.2) is 0 Å². The molecule has 4 heteroatoms. The van der Waals surface area contributed by atoms with Gasteiger partial charge in [-0.25, -0.2) is 0 Å². The summed E-state index contributed by atoms with van der Waals surface area (Å²) in [5.41, 5.74) is -0.480. The third kappa shape index (κ3) is 1.23. The molecular formula is C16H23NO3. The Bertz CT molecular complexity index is 476. The van der Waals surface area contributed by atoms with Gasteiger partial charge in [0.1, 0.15) is 5.72 Å². The maximum absolute atomic E-state index is 12.8. The Morgan fingerprint density at radius 2 is 2.30 bits per heavy atom. The number of nitrogens with zero attached hydrogens (tertiary/aromatic N) is 1. The number of carbonyl (C=O) groups excluding carboxylic acids is 1. The van der Waals surface area contributed by atoms with Crippen LogP contribution in [0.1, 0.15) is 26.7 Å². The Morgan fingerprint density at radius 3 is 2.95 bits per heavy atom. The van der Waals surface area contributed by atoms with Crippen molar-refractivity contribution in [2.45, 2.75) is 44.6 Å². The van der Waals surface area contributed by atoms with E-state index in [4.69, 9.17) is 4.74 Å². The lowest BCUT2D eigenvalue weighted by molar-refractivity contribution is -0.180. The number of ether oxygens (including phenoxy) is 1. The van der Waals surface area contributed by atoms with E-state index in [2.05, 4.69) is 20.4 Å². The Morgan fingerprint density at radius 1 is 1.55 bits per heavy atom. The van der Waals surface area contributed by atoms with Crippen LogP contribution in [0.25, 0.3) is 0 Å². The van der Waals surface area contributed by atoms with Gasteiger partial charge in [-0.2, -0.15) is 0 Å². The van der Waals surface area contributed by atoms with E-state index in [0.29, 0.717) is 18.4 Å². The van der Waals surface area contributed by atoms with Gasteiger partial charge in [-0.15, -0.1) is 6.58 Å². The molecule has 4 nitrogen and oxygen atoms in total. The van der Waals surface area contributed by atoms with E-state index in [0.717, 1.165) is 12.8 Å². The summed E-state index contributed by atoms with van der Waals surface area (Å²) in [7, 11) is 0. The van der Waals surface area contributed by atoms with Gasteiger partial charge >= 0.3 is 0 Å². The van der Waals surface area contributed by atoms with Crippen LogP contribution in [0.5, 0.6) is 0 Å². The van der Waals surface area contributed by atoms with Crippen molar-refractivity contribution in [1.29, 1.82) is 0 Å². The van der Waals surface area contributed by atoms with Crippen LogP contribution in [0, 0.1) is 29.6 Å². The van der Waals surface area contributed by atoms with Crippen LogP contribution in [0.4, 0.5) is 0 Å². The van der Waals surface area contributed by atoms with E-state index in [-0.39, 0.29) is 29.8 Å². The summed E-state index contributed by atoms with van der Waals surface area (Å²) in [6, 6.07) is 0. The van der Waals surface area contributed by atoms with Crippen LogP contribution < -0.4 is 0 Å². The van der Waals surface area contributed by atoms with E-state index in [1.165, 1.54) is 0 Å². The predicted molar refractivity (Wildman–Crippen MR) is 73.6 cm³/mol. The monoisotopic (exact) mass is 277 g/mol. The van der Waals surface area contributed by atoms with Gasteiger partial charge in [0.05, 0.1) is 18.1 Å². The molecular weight excluding hydrogens is 254 g/mol. The minimum atomic E-state index is -0.480. The molecule has 110 valence electrons. The van der Waals surface area contributed by atoms with Gasteiger partial charge in [0.2, 0.25) is 5.91 Å². The van der Waals surface area contributed by atoms with Gasteiger partial charge in [0, 0.05) is 12.5 Å². The first-order valence-corrected chi connectivity index (χ1v) is 7.79. The standard InChI is InChI=1S/C16H23NO3/c1-4-5-17-15(19)11-9-6-10-12(11)16(17,7-8(2)3)20-14(10)13(9)18/h4,8-14,18H,1,5-7H2,2-3H3. The molecule has 4 fully saturated rings. The van der Waals surface area contributed by atoms with Gasteiger partial charge in [0.25, 0.3) is 0 Å². The van der Waals surface area contributed by atoms with E-state index in [1.54, 1.807) is 6.08 Å². The Balaban J connectivity index is 1.81. The fourth-order valence-electron chi connectivity index (χ4n) is 5.61. The summed E-state index contributed by atoms with van der Waals surface area (Å²) >= 11 is 0. The van der Waals surface area contributed by atoms with Crippen molar-refractivity contribution in [3.63, 3.8) is 0 Å². The van der Waals surface area contributed by atoms with Crippen molar-refractivity contribution in [3.05, 3.63) is 12.7 Å². The fraction of sp³-hybridized carbons (Fsp3) is 0.812. The first-order chi connectivity index (χ1) is 9.51. The van der Waals surface area contributed by atoms with Crippen LogP contribution in [0.15, 0.2) is 12.7 Å². The summed E-state index contributed by atoms with van der Waals surface area (Å²) in [6.45, 7) is 8.69. The zero-order valence-electron chi connectivity index (χ0n) is 12.2. The number of hydrogen-bond donors (Lipinski definition) is 1. The highest BCUT2D eigenvalue weighted by atomic mass is 16.6. The normalized spacial score (nSPS) is 51.6. The SMILES string of the molecule is C=CCN1C(=O)C2C3CC4C(OC1(CC(C)C)C42)C3O. The molecule has 2 aliphatic heterocycles. The number of aliphatic hydroxyl groups is 1. The average molecular weight is 277 g/mol. The van der Waals surface area contributed by atoms with Crippen LogP contribution in [-0.4, -0.2) is 40.4 Å². The van der Waals surface area contributed by atoms with E-state index < -0.39 is 11.8 Å². The second kappa shape index (κ2) is 3.86. The predicted octanol–water partition coefficient (Wildman–Crippen LogP) is 1.40. The molecule has 4 aliphatic rings. The van der Waals surface area contributed by atoms with Gasteiger partial charge < -0.3 is 14.7 Å². The second-order valence-electron chi connectivity index (χ2n) is 7.37. The highest BCUT2D eigenvalue weighted by Crippen LogP contribution is 2.68. The minimum Gasteiger partial charge on any atom is -0.390 e. The lowest BCUT2D eigenvalue weighted by atomic mass is 9.75. The molecule has 2 aliphatic carbocycles. The third-order valence-corrected chi connectivity index (χ3v) is 5.93. The van der Waals surface area contributed by atoms with E-state index in [9.17, 15) is 9.90 Å². The summed E-state index contributed by atoms with van der Waals surface area (Å²) in [6.07, 6.45) is 3.12. The van der Waals surface area contributed by atoms with Crippen LogP contribution in [-0.2, 0) is 9.53 Å². The van der Waals surface area contributed by atoms with Crippen molar-refractivity contribution in [2.75, 3.05) is 6.54 Å². The zero-order chi connectivity index (χ0) is 14.2. The number of amides is 1. The Hall–Kier alpha value is -0.870. The summed E-state index contributed by atoms with van der Waals surface area (Å²) in [4.78, 5) is 14.7. The fourth-order valence-corrected chi connectivity index (χ4v) is 5.61. The molecule has 2 heterocycles. The quantitative estimate of drug-likeness (QED) is 0.790. The van der Waals surface area contributed by atoms with Crippen molar-refractivity contribution in [1.82, 2.24) is 4.90 Å². The van der Waals surface area contributed by atoms with Crippen molar-refractivity contribution >= 4 is 5.91 Å². The van der Waals surface area contributed by atoms with Crippen LogP contribution in [0.3, 0.4) is 0 Å². The third-order valence-electron chi connectivity index (χ3n) is 5.93. The molecule has 0 aromatic rings. The largest absolute Gasteiger partial charge is 0.390 e. The van der Waals surface area contributed by atoms with Gasteiger partial charge in [-0.05, 0) is 30.6 Å². The maximum Gasteiger partial charge on any atom is 0.229 e. The highest BCUT2D eigenvalue weighted by Gasteiger charge is 2.77. The van der Waals surface area contributed by atoms with Gasteiger partial charge in [-0.3, -0.25) is 4.79 Å². The van der Waals surface area contributed by atoms with Gasteiger partial charge in [-0.1, -0.05) is 19.9 Å². The second-order valence-corrected chi connectivity index (χ2v) is 7.37. The number of rotatable bonds is 4. The molecule has 1 N–H and O–H groups in total. The Kier molecular flexibility index (Phi) is 2.48. The van der Waals surface area contributed by atoms with E-state index in [1.807, 2.05) is 4.90 Å². The Labute approximate surface area is 119 Å². The molecule has 1 amide bonds. The molecule has 20 heavy (non-hydrogen) atoms. The first kappa shape index (κ1) is 12.8. The summed E-state index contributed by atoms with van der Waals surface area (Å²) < 4.78 is 6.38. The number of carbonyl (C=O) groups is 1. The van der Waals surface area contributed by atoms with Crippen molar-refractivity contribution in [3.8, 4) is 0 Å². The van der Waals surface area contributed by atoms with Crippen molar-refractivity contribution < 1.29 is 14.6 Å². The van der Waals surface area contributed by atoms with Crippen LogP contribution in [0.2, 0.25) is 0 Å². The average Bonchev–Trinajstić information content (AvgIpc) is 3.02. The molecule has 2 saturated carbocycles. The minimum absolute atomic E-state index is 0.0209. The lowest BCUT2D eigenvalue weighted by Crippen LogP contribution is -2.51. The molecule has 4 rings (SSSR count). The molecule has 2 bridgehead atoms. The molecule has 0 spiro atoms.